The molecule has 3 fully saturated rings. The average molecular weight is 574 g/mol. The van der Waals surface area contributed by atoms with Crippen molar-refractivity contribution in [2.75, 3.05) is 39.3 Å². The maximum atomic E-state index is 13.8. The Morgan fingerprint density at radius 3 is 2.26 bits per heavy atom. The highest BCUT2D eigenvalue weighted by Gasteiger charge is 2.38. The van der Waals surface area contributed by atoms with Gasteiger partial charge in [-0.3, -0.25) is 4.90 Å². The van der Waals surface area contributed by atoms with Crippen molar-refractivity contribution in [2.45, 2.75) is 68.3 Å². The Kier molecular flexibility index (Phi) is 9.48. The highest BCUT2D eigenvalue weighted by Crippen LogP contribution is 2.31. The van der Waals surface area contributed by atoms with E-state index in [4.69, 9.17) is 16.3 Å². The van der Waals surface area contributed by atoms with Gasteiger partial charge in [0.25, 0.3) is 0 Å². The van der Waals surface area contributed by atoms with Gasteiger partial charge in [0.05, 0.1) is 10.9 Å². The van der Waals surface area contributed by atoms with E-state index >= 15 is 0 Å². The number of carbonyl (C=O) groups excluding carboxylic acids is 1. The van der Waals surface area contributed by atoms with E-state index in [1.54, 1.807) is 33.5 Å². The number of piperazine rings is 1. The number of piperidine rings is 1. The van der Waals surface area contributed by atoms with Gasteiger partial charge < -0.3 is 9.64 Å². The Balaban J connectivity index is 1.22. The zero-order valence-corrected chi connectivity index (χ0v) is 24.2. The molecule has 1 saturated carbocycles. The van der Waals surface area contributed by atoms with Crippen LogP contribution in [0.15, 0.2) is 59.5 Å². The van der Waals surface area contributed by atoms with E-state index in [2.05, 4.69) is 17.0 Å². The summed E-state index contributed by atoms with van der Waals surface area (Å²) in [7, 11) is -3.78. The predicted octanol–water partition coefficient (Wildman–Crippen LogP) is 5.44. The number of hydrogen-bond acceptors (Lipinski definition) is 5. The molecule has 0 unspecified atom stereocenters. The molecule has 0 bridgehead atoms. The topological polar surface area (TPSA) is 70.2 Å². The molecule has 7 nitrogen and oxygen atoms in total. The zero-order chi connectivity index (χ0) is 27.2. The summed E-state index contributed by atoms with van der Waals surface area (Å²) < 4.78 is 34.9. The number of rotatable bonds is 7. The molecule has 1 amide bonds. The monoisotopic (exact) mass is 573 g/mol. The number of halogens is 1. The fraction of sp³-hybridized carbons (Fsp3) is 0.567. The Morgan fingerprint density at radius 2 is 1.56 bits per heavy atom. The van der Waals surface area contributed by atoms with Gasteiger partial charge in [-0.25, -0.2) is 13.2 Å². The van der Waals surface area contributed by atoms with Crippen LogP contribution in [0.3, 0.4) is 0 Å². The van der Waals surface area contributed by atoms with Gasteiger partial charge in [-0.15, -0.1) is 0 Å². The molecule has 2 aromatic rings. The molecule has 0 N–H and O–H groups in total. The molecular formula is C30H40ClN3O4S. The summed E-state index contributed by atoms with van der Waals surface area (Å²) in [5.74, 6) is 0.189. The van der Waals surface area contributed by atoms with E-state index < -0.39 is 16.1 Å². The molecule has 2 atom stereocenters. The molecule has 2 saturated heterocycles. The summed E-state index contributed by atoms with van der Waals surface area (Å²) in [4.78, 5) is 17.5. The van der Waals surface area contributed by atoms with Crippen LogP contribution in [0.1, 0.15) is 50.5 Å². The molecule has 2 aliphatic heterocycles. The number of carbonyl (C=O) groups is 1. The zero-order valence-electron chi connectivity index (χ0n) is 22.6. The lowest BCUT2D eigenvalue weighted by Crippen LogP contribution is -2.53. The van der Waals surface area contributed by atoms with Crippen molar-refractivity contribution < 1.29 is 17.9 Å². The summed E-state index contributed by atoms with van der Waals surface area (Å²) in [6.07, 6.45) is 8.45. The van der Waals surface area contributed by atoms with Crippen molar-refractivity contribution in [3.05, 3.63) is 65.2 Å². The summed E-state index contributed by atoms with van der Waals surface area (Å²) in [6.45, 7) is 3.52. The van der Waals surface area contributed by atoms with E-state index in [0.29, 0.717) is 37.1 Å². The summed E-state index contributed by atoms with van der Waals surface area (Å²) >= 11 is 6.03. The third-order valence-corrected chi connectivity index (χ3v) is 10.8. The SMILES string of the molecule is O=C(OC[C@H]1CC[C@@H](Cc2ccccc2)CN1S(=O)(=O)c1ccc(Cl)cc1)N1CCN(C2CCCCC2)CC1. The molecule has 39 heavy (non-hydrogen) atoms. The van der Waals surface area contributed by atoms with Crippen molar-refractivity contribution in [2.24, 2.45) is 5.92 Å². The number of hydrogen-bond donors (Lipinski definition) is 0. The first-order chi connectivity index (χ1) is 18.9. The number of amides is 1. The molecule has 1 aliphatic carbocycles. The molecule has 2 aromatic carbocycles. The number of benzene rings is 2. The van der Waals surface area contributed by atoms with Crippen LogP contribution >= 0.6 is 11.6 Å². The van der Waals surface area contributed by atoms with Gasteiger partial charge in [0.1, 0.15) is 6.61 Å². The summed E-state index contributed by atoms with van der Waals surface area (Å²) in [5, 5.41) is 0.489. The largest absolute Gasteiger partial charge is 0.448 e. The van der Waals surface area contributed by atoms with Gasteiger partial charge in [0.15, 0.2) is 0 Å². The van der Waals surface area contributed by atoms with Crippen LogP contribution in [-0.2, 0) is 21.2 Å². The van der Waals surface area contributed by atoms with Crippen LogP contribution in [0, 0.1) is 5.92 Å². The first-order valence-electron chi connectivity index (χ1n) is 14.4. The third-order valence-electron chi connectivity index (χ3n) is 8.60. The third kappa shape index (κ3) is 7.15. The Labute approximate surface area is 238 Å². The Bertz CT molecular complexity index is 1180. The average Bonchev–Trinajstić information content (AvgIpc) is 2.97. The van der Waals surface area contributed by atoms with Gasteiger partial charge in [-0.05, 0) is 67.9 Å². The van der Waals surface area contributed by atoms with E-state index in [9.17, 15) is 13.2 Å². The Hall–Kier alpha value is -2.13. The van der Waals surface area contributed by atoms with Gasteiger partial charge in [0.2, 0.25) is 10.0 Å². The first kappa shape index (κ1) is 28.4. The van der Waals surface area contributed by atoms with Crippen molar-refractivity contribution in [3.8, 4) is 0 Å². The predicted molar refractivity (Wildman–Crippen MR) is 153 cm³/mol. The Morgan fingerprint density at radius 1 is 0.872 bits per heavy atom. The number of ether oxygens (including phenoxy) is 1. The minimum atomic E-state index is -3.78. The van der Waals surface area contributed by atoms with Crippen molar-refractivity contribution >= 4 is 27.7 Å². The van der Waals surface area contributed by atoms with Crippen LogP contribution in [0.5, 0.6) is 0 Å². The molecule has 0 aromatic heterocycles. The minimum Gasteiger partial charge on any atom is -0.448 e. The van der Waals surface area contributed by atoms with E-state index in [0.717, 1.165) is 25.9 Å². The molecule has 0 radical (unpaired) electrons. The van der Waals surface area contributed by atoms with Crippen molar-refractivity contribution in [1.29, 1.82) is 0 Å². The standard InChI is InChI=1S/C30H40ClN3O4S/c31-26-12-15-29(16-13-26)39(36,37)34-22-25(21-24-7-3-1-4-8-24)11-14-28(34)23-38-30(35)33-19-17-32(18-20-33)27-9-5-2-6-10-27/h1,3-4,7-8,12-13,15-16,25,27-28H,2,5-6,9-11,14,17-23H2/t25-,28+/m0/s1. The fourth-order valence-corrected chi connectivity index (χ4v) is 8.20. The lowest BCUT2D eigenvalue weighted by Gasteiger charge is -2.41. The van der Waals surface area contributed by atoms with Crippen LogP contribution in [0.2, 0.25) is 5.02 Å². The quantitative estimate of drug-likeness (QED) is 0.441. The van der Waals surface area contributed by atoms with E-state index in [1.807, 2.05) is 18.2 Å². The normalized spacial score (nSPS) is 24.0. The van der Waals surface area contributed by atoms with Crippen molar-refractivity contribution in [3.63, 3.8) is 0 Å². The number of nitrogens with zero attached hydrogens (tertiary/aromatic N) is 3. The summed E-state index contributed by atoms with van der Waals surface area (Å²) in [5.41, 5.74) is 1.20. The molecule has 212 valence electrons. The molecule has 2 heterocycles. The molecular weight excluding hydrogens is 534 g/mol. The maximum absolute atomic E-state index is 13.8. The molecule has 0 spiro atoms. The molecule has 5 rings (SSSR count). The lowest BCUT2D eigenvalue weighted by molar-refractivity contribution is 0.0407. The highest BCUT2D eigenvalue weighted by molar-refractivity contribution is 7.89. The maximum Gasteiger partial charge on any atom is 0.409 e. The van der Waals surface area contributed by atoms with Gasteiger partial charge >= 0.3 is 6.09 Å². The molecule has 3 aliphatic rings. The van der Waals surface area contributed by atoms with Crippen LogP contribution in [0.4, 0.5) is 4.79 Å². The summed E-state index contributed by atoms with van der Waals surface area (Å²) in [6, 6.07) is 16.7. The second-order valence-corrected chi connectivity index (χ2v) is 13.5. The van der Waals surface area contributed by atoms with Crippen LogP contribution < -0.4 is 0 Å². The second-order valence-electron chi connectivity index (χ2n) is 11.2. The smallest absolute Gasteiger partial charge is 0.409 e. The molecule has 9 heteroatoms. The van der Waals surface area contributed by atoms with Gasteiger partial charge in [-0.1, -0.05) is 61.2 Å². The second kappa shape index (κ2) is 13.0. The van der Waals surface area contributed by atoms with Crippen molar-refractivity contribution in [1.82, 2.24) is 14.1 Å². The van der Waals surface area contributed by atoms with E-state index in [1.165, 1.54) is 37.7 Å². The number of sulfonamides is 1. The van der Waals surface area contributed by atoms with Crippen LogP contribution in [-0.4, -0.2) is 80.0 Å². The van der Waals surface area contributed by atoms with Gasteiger partial charge in [-0.2, -0.15) is 4.31 Å². The fourth-order valence-electron chi connectivity index (χ4n) is 6.36. The first-order valence-corrected chi connectivity index (χ1v) is 16.2. The highest BCUT2D eigenvalue weighted by atomic mass is 35.5. The minimum absolute atomic E-state index is 0.0621. The van der Waals surface area contributed by atoms with Crippen LogP contribution in [0.25, 0.3) is 0 Å². The van der Waals surface area contributed by atoms with Gasteiger partial charge in [0, 0.05) is 43.8 Å². The van der Waals surface area contributed by atoms with E-state index in [-0.39, 0.29) is 23.5 Å². The lowest BCUT2D eigenvalue weighted by atomic mass is 9.89.